The molecule has 0 aliphatic rings. The molecule has 2 heterocycles. The van der Waals surface area contributed by atoms with Gasteiger partial charge in [-0.2, -0.15) is 0 Å². The van der Waals surface area contributed by atoms with Crippen LogP contribution in [0.2, 0.25) is 0 Å². The van der Waals surface area contributed by atoms with E-state index in [2.05, 4.69) is 6.07 Å². The van der Waals surface area contributed by atoms with E-state index in [9.17, 15) is 0 Å². The molecule has 0 aliphatic carbocycles. The molecule has 0 bridgehead atoms. The van der Waals surface area contributed by atoms with Gasteiger partial charge in [-0.05, 0) is 6.07 Å². The second kappa shape index (κ2) is 3.50. The first-order valence-electron chi connectivity index (χ1n) is 5.86. The van der Waals surface area contributed by atoms with Gasteiger partial charge in [-0.15, -0.1) is 0 Å². The molecule has 2 nitrogen and oxygen atoms in total. The van der Waals surface area contributed by atoms with Gasteiger partial charge in [0.2, 0.25) is 0 Å². The van der Waals surface area contributed by atoms with Crippen molar-refractivity contribution >= 4 is 21.7 Å². The maximum absolute atomic E-state index is 5.71. The Balaban J connectivity index is 2.08. The van der Waals surface area contributed by atoms with Crippen molar-refractivity contribution in [1.82, 2.24) is 0 Å². The van der Waals surface area contributed by atoms with Crippen LogP contribution in [0.5, 0.6) is 0 Å². The molecule has 18 heavy (non-hydrogen) atoms. The molecule has 2 aromatic carbocycles. The minimum atomic E-state index is 0.871. The van der Waals surface area contributed by atoms with E-state index >= 15 is 0 Å². The summed E-state index contributed by atoms with van der Waals surface area (Å²) >= 11 is 0. The lowest BCUT2D eigenvalue weighted by molar-refractivity contribution is 0.581. The number of hydrogen-bond acceptors (Lipinski definition) is 2. The van der Waals surface area contributed by atoms with Gasteiger partial charge in [0.05, 0.1) is 11.8 Å². The van der Waals surface area contributed by atoms with Crippen LogP contribution in [0, 0.1) is 0 Å². The largest absolute Gasteiger partial charge is 0.464 e. The zero-order valence-electron chi connectivity index (χ0n) is 9.59. The van der Waals surface area contributed by atoms with Gasteiger partial charge in [0.15, 0.2) is 0 Å². The normalized spacial score (nSPS) is 11.3. The lowest BCUT2D eigenvalue weighted by Crippen LogP contribution is -1.72. The van der Waals surface area contributed by atoms with Gasteiger partial charge in [-0.3, -0.25) is 0 Å². The molecule has 0 fully saturated rings. The molecule has 4 rings (SSSR count). The molecule has 0 unspecified atom stereocenters. The number of furan rings is 2. The first-order chi connectivity index (χ1) is 8.93. The van der Waals surface area contributed by atoms with E-state index in [1.165, 1.54) is 0 Å². The van der Waals surface area contributed by atoms with E-state index in [1.807, 2.05) is 42.5 Å². The third kappa shape index (κ3) is 1.23. The molecule has 2 aromatic heterocycles. The summed E-state index contributed by atoms with van der Waals surface area (Å²) in [5.41, 5.74) is 1.89. The van der Waals surface area contributed by atoms with Gasteiger partial charge < -0.3 is 8.83 Å². The Hall–Kier alpha value is -2.48. The Morgan fingerprint density at radius 2 is 1.44 bits per heavy atom. The van der Waals surface area contributed by atoms with Crippen LogP contribution in [0.25, 0.3) is 33.1 Å². The molecule has 0 aliphatic heterocycles. The minimum Gasteiger partial charge on any atom is -0.464 e. The van der Waals surface area contributed by atoms with Crippen molar-refractivity contribution in [3.05, 3.63) is 61.1 Å². The summed E-state index contributed by atoms with van der Waals surface area (Å²) in [6, 6.07) is 16.1. The first kappa shape index (κ1) is 9.54. The number of hydrogen-bond donors (Lipinski definition) is 0. The fourth-order valence-electron chi connectivity index (χ4n) is 2.35. The summed E-state index contributed by atoms with van der Waals surface area (Å²) in [7, 11) is 0. The molecule has 0 saturated carbocycles. The first-order valence-corrected chi connectivity index (χ1v) is 5.86. The average Bonchev–Trinajstić information content (AvgIpc) is 3.01. The highest BCUT2D eigenvalue weighted by Gasteiger charge is 2.13. The Labute approximate surface area is 103 Å². The van der Waals surface area contributed by atoms with E-state index in [0.29, 0.717) is 0 Å². The Morgan fingerprint density at radius 3 is 2.39 bits per heavy atom. The fraction of sp³-hybridized carbons (Fsp3) is 0. The van der Waals surface area contributed by atoms with Gasteiger partial charge in [0.1, 0.15) is 17.6 Å². The average molecular weight is 234 g/mol. The van der Waals surface area contributed by atoms with Gasteiger partial charge in [-0.25, -0.2) is 0 Å². The topological polar surface area (TPSA) is 26.3 Å². The molecule has 86 valence electrons. The maximum Gasteiger partial charge on any atom is 0.145 e. The molecular weight excluding hydrogens is 224 g/mol. The van der Waals surface area contributed by atoms with Crippen LogP contribution in [0.4, 0.5) is 0 Å². The number of fused-ring (bicyclic) bond motifs is 2. The van der Waals surface area contributed by atoms with E-state index in [-0.39, 0.29) is 0 Å². The molecule has 4 aromatic rings. The third-order valence-electron chi connectivity index (χ3n) is 3.23. The number of para-hydroxylation sites is 1. The summed E-state index contributed by atoms with van der Waals surface area (Å²) in [4.78, 5) is 0. The predicted octanol–water partition coefficient (Wildman–Crippen LogP) is 4.85. The summed E-state index contributed by atoms with van der Waals surface area (Å²) in [5.74, 6) is 0.871. The van der Waals surface area contributed by atoms with E-state index in [4.69, 9.17) is 8.83 Å². The van der Waals surface area contributed by atoms with Crippen molar-refractivity contribution in [3.63, 3.8) is 0 Å². The third-order valence-corrected chi connectivity index (χ3v) is 3.23. The van der Waals surface area contributed by atoms with Crippen molar-refractivity contribution in [2.24, 2.45) is 0 Å². The number of rotatable bonds is 1. The molecule has 0 atom stereocenters. The van der Waals surface area contributed by atoms with Crippen LogP contribution in [-0.4, -0.2) is 0 Å². The zero-order chi connectivity index (χ0) is 11.9. The second-order valence-corrected chi connectivity index (χ2v) is 4.30. The van der Waals surface area contributed by atoms with Gasteiger partial charge in [0, 0.05) is 16.2 Å². The Bertz CT molecular complexity index is 764. The second-order valence-electron chi connectivity index (χ2n) is 4.30. The highest BCUT2D eigenvalue weighted by Crippen LogP contribution is 2.36. The lowest BCUT2D eigenvalue weighted by Gasteiger charge is -1.94. The van der Waals surface area contributed by atoms with Gasteiger partial charge in [-0.1, -0.05) is 42.5 Å². The van der Waals surface area contributed by atoms with Crippen LogP contribution < -0.4 is 0 Å². The van der Waals surface area contributed by atoms with E-state index in [0.717, 1.165) is 33.1 Å². The SMILES string of the molecule is c1ccc2c(-c3coc4ccccc34)occ2c1. The van der Waals surface area contributed by atoms with Crippen LogP contribution in [0.3, 0.4) is 0 Å². The van der Waals surface area contributed by atoms with Crippen LogP contribution in [0.15, 0.2) is 69.9 Å². The van der Waals surface area contributed by atoms with Crippen molar-refractivity contribution in [3.8, 4) is 11.3 Å². The summed E-state index contributed by atoms with van der Waals surface area (Å²) < 4.78 is 11.3. The minimum absolute atomic E-state index is 0.871. The van der Waals surface area contributed by atoms with Crippen LogP contribution in [-0.2, 0) is 0 Å². The van der Waals surface area contributed by atoms with Crippen molar-refractivity contribution in [2.45, 2.75) is 0 Å². The van der Waals surface area contributed by atoms with Crippen LogP contribution in [0.1, 0.15) is 0 Å². The lowest BCUT2D eigenvalue weighted by atomic mass is 10.1. The zero-order valence-corrected chi connectivity index (χ0v) is 9.59. The monoisotopic (exact) mass is 234 g/mol. The fourth-order valence-corrected chi connectivity index (χ4v) is 2.35. The highest BCUT2D eigenvalue weighted by molar-refractivity contribution is 6.02. The standard InChI is InChI=1S/C16H10O2/c1-2-6-12-11(5-1)9-18-16(12)14-10-17-15-8-4-3-7-13(14)15/h1-10H. The molecule has 2 heteroatoms. The van der Waals surface area contributed by atoms with E-state index in [1.54, 1.807) is 12.5 Å². The molecular formula is C16H10O2. The van der Waals surface area contributed by atoms with Gasteiger partial charge >= 0.3 is 0 Å². The van der Waals surface area contributed by atoms with Crippen LogP contribution >= 0.6 is 0 Å². The van der Waals surface area contributed by atoms with E-state index < -0.39 is 0 Å². The highest BCUT2D eigenvalue weighted by atomic mass is 16.3. The quantitative estimate of drug-likeness (QED) is 0.470. The molecule has 0 radical (unpaired) electrons. The predicted molar refractivity (Wildman–Crippen MR) is 71.4 cm³/mol. The maximum atomic E-state index is 5.71. The molecule has 0 spiro atoms. The summed E-state index contributed by atoms with van der Waals surface area (Å²) in [6.45, 7) is 0. The Morgan fingerprint density at radius 1 is 0.667 bits per heavy atom. The van der Waals surface area contributed by atoms with Crippen molar-refractivity contribution < 1.29 is 8.83 Å². The molecule has 0 saturated heterocycles. The summed E-state index contributed by atoms with van der Waals surface area (Å²) in [6.07, 6.45) is 3.54. The summed E-state index contributed by atoms with van der Waals surface area (Å²) in [5, 5.41) is 3.31. The molecule has 0 amide bonds. The smallest absolute Gasteiger partial charge is 0.145 e. The number of benzene rings is 2. The van der Waals surface area contributed by atoms with Crippen molar-refractivity contribution in [1.29, 1.82) is 0 Å². The van der Waals surface area contributed by atoms with Gasteiger partial charge in [0.25, 0.3) is 0 Å². The Kier molecular flexibility index (Phi) is 1.86. The van der Waals surface area contributed by atoms with Crippen molar-refractivity contribution in [2.75, 3.05) is 0 Å². The molecule has 0 N–H and O–H groups in total.